The predicted octanol–water partition coefficient (Wildman–Crippen LogP) is 1.70. The normalized spacial score (nSPS) is 9.53. The first-order chi connectivity index (χ1) is 9.24. The molecule has 0 saturated heterocycles. The zero-order valence-corrected chi connectivity index (χ0v) is 10.9. The smallest absolute Gasteiger partial charge is 0.242 e. The average Bonchev–Trinajstić information content (AvgIpc) is 2.87. The minimum absolute atomic E-state index is 0.121. The molecule has 0 bridgehead atoms. The Balaban J connectivity index is 1.79. The summed E-state index contributed by atoms with van der Waals surface area (Å²) in [5, 5.41) is 7.29. The highest BCUT2D eigenvalue weighted by Crippen LogP contribution is 2.09. The summed E-state index contributed by atoms with van der Waals surface area (Å²) in [6, 6.07) is 9.04. The van der Waals surface area contributed by atoms with Crippen LogP contribution in [0.5, 0.6) is 0 Å². The topological polar surface area (TPSA) is 46.9 Å². The van der Waals surface area contributed by atoms with Gasteiger partial charge in [-0.25, -0.2) is 0 Å². The van der Waals surface area contributed by atoms with Gasteiger partial charge in [-0.3, -0.25) is 9.48 Å². The Morgan fingerprint density at radius 3 is 3.05 bits per heavy atom. The Kier molecular flexibility index (Phi) is 4.60. The Bertz CT molecular complexity index is 611. The van der Waals surface area contributed by atoms with Gasteiger partial charge in [-0.05, 0) is 24.3 Å². The van der Waals surface area contributed by atoms with Gasteiger partial charge in [-0.1, -0.05) is 29.5 Å². The van der Waals surface area contributed by atoms with E-state index in [1.54, 1.807) is 35.3 Å². The van der Waals surface area contributed by atoms with Crippen LogP contribution in [0.3, 0.4) is 0 Å². The van der Waals surface area contributed by atoms with Crippen LogP contribution in [0.15, 0.2) is 42.7 Å². The van der Waals surface area contributed by atoms with Crippen molar-refractivity contribution in [3.05, 3.63) is 53.3 Å². The Hall–Kier alpha value is -2.25. The van der Waals surface area contributed by atoms with E-state index in [1.807, 2.05) is 12.1 Å². The van der Waals surface area contributed by atoms with Gasteiger partial charge in [0.25, 0.3) is 0 Å². The number of benzene rings is 1. The van der Waals surface area contributed by atoms with E-state index in [0.717, 1.165) is 5.56 Å². The summed E-state index contributed by atoms with van der Waals surface area (Å²) in [7, 11) is 0. The number of nitrogens with one attached hydrogen (secondary N) is 1. The molecule has 1 aromatic heterocycles. The Morgan fingerprint density at radius 2 is 2.32 bits per heavy atom. The predicted molar refractivity (Wildman–Crippen MR) is 73.6 cm³/mol. The zero-order valence-electron chi connectivity index (χ0n) is 10.1. The van der Waals surface area contributed by atoms with Crippen LogP contribution < -0.4 is 5.32 Å². The number of hydrogen-bond donors (Lipinski definition) is 1. The molecule has 0 aliphatic carbocycles. The lowest BCUT2D eigenvalue weighted by atomic mass is 10.2. The van der Waals surface area contributed by atoms with Crippen LogP contribution in [0.4, 0.5) is 0 Å². The highest BCUT2D eigenvalue weighted by atomic mass is 35.5. The van der Waals surface area contributed by atoms with E-state index in [0.29, 0.717) is 11.6 Å². The maximum atomic E-state index is 11.5. The van der Waals surface area contributed by atoms with Crippen LogP contribution in [0.25, 0.3) is 0 Å². The molecule has 1 heterocycles. The van der Waals surface area contributed by atoms with Crippen LogP contribution in [-0.2, 0) is 11.3 Å². The van der Waals surface area contributed by atoms with Gasteiger partial charge in [0.05, 0.1) is 6.54 Å². The zero-order chi connectivity index (χ0) is 13.5. The van der Waals surface area contributed by atoms with Crippen molar-refractivity contribution in [1.29, 1.82) is 0 Å². The average molecular weight is 274 g/mol. The number of nitrogens with zero attached hydrogens (tertiary/aromatic N) is 2. The SMILES string of the molecule is O=C(Cn1cccn1)NCC#Cc1cccc(Cl)c1. The molecule has 0 aliphatic rings. The second kappa shape index (κ2) is 6.62. The van der Waals surface area contributed by atoms with E-state index in [4.69, 9.17) is 11.6 Å². The van der Waals surface area contributed by atoms with Crippen LogP contribution in [0.1, 0.15) is 5.56 Å². The lowest BCUT2D eigenvalue weighted by Gasteiger charge is -2.00. The molecule has 1 N–H and O–H groups in total. The number of amides is 1. The molecule has 0 unspecified atom stereocenters. The molecule has 5 heteroatoms. The van der Waals surface area contributed by atoms with Gasteiger partial charge in [0, 0.05) is 23.0 Å². The van der Waals surface area contributed by atoms with E-state index in [-0.39, 0.29) is 12.5 Å². The highest BCUT2D eigenvalue weighted by molar-refractivity contribution is 6.30. The summed E-state index contributed by atoms with van der Waals surface area (Å²) < 4.78 is 1.56. The van der Waals surface area contributed by atoms with Crippen LogP contribution >= 0.6 is 11.6 Å². The van der Waals surface area contributed by atoms with Crippen molar-refractivity contribution in [2.75, 3.05) is 6.54 Å². The van der Waals surface area contributed by atoms with Gasteiger partial charge in [0.15, 0.2) is 0 Å². The fraction of sp³-hybridized carbons (Fsp3) is 0.143. The molecular formula is C14H12ClN3O. The molecule has 96 valence electrons. The molecule has 19 heavy (non-hydrogen) atoms. The summed E-state index contributed by atoms with van der Waals surface area (Å²) >= 11 is 5.84. The van der Waals surface area contributed by atoms with Crippen molar-refractivity contribution in [2.24, 2.45) is 0 Å². The maximum Gasteiger partial charge on any atom is 0.242 e. The lowest BCUT2D eigenvalue weighted by Crippen LogP contribution is -2.27. The van der Waals surface area contributed by atoms with E-state index >= 15 is 0 Å². The highest BCUT2D eigenvalue weighted by Gasteiger charge is 1.99. The molecule has 0 radical (unpaired) electrons. The molecule has 2 rings (SSSR count). The molecule has 1 amide bonds. The number of hydrogen-bond acceptors (Lipinski definition) is 2. The lowest BCUT2D eigenvalue weighted by molar-refractivity contribution is -0.121. The van der Waals surface area contributed by atoms with Gasteiger partial charge >= 0.3 is 0 Å². The first-order valence-corrected chi connectivity index (χ1v) is 6.10. The summed E-state index contributed by atoms with van der Waals surface area (Å²) in [5.74, 6) is 5.68. The van der Waals surface area contributed by atoms with Crippen molar-refractivity contribution < 1.29 is 4.79 Å². The summed E-state index contributed by atoms with van der Waals surface area (Å²) in [4.78, 5) is 11.5. The van der Waals surface area contributed by atoms with Crippen molar-refractivity contribution in [2.45, 2.75) is 6.54 Å². The van der Waals surface area contributed by atoms with Crippen molar-refractivity contribution in [3.8, 4) is 11.8 Å². The van der Waals surface area contributed by atoms with E-state index in [2.05, 4.69) is 22.3 Å². The van der Waals surface area contributed by atoms with E-state index in [1.165, 1.54) is 0 Å². The van der Waals surface area contributed by atoms with Crippen LogP contribution in [0.2, 0.25) is 5.02 Å². The second-order valence-corrected chi connectivity index (χ2v) is 4.23. The molecule has 0 spiro atoms. The number of carbonyl (C=O) groups excluding carboxylic acids is 1. The minimum Gasteiger partial charge on any atom is -0.344 e. The molecular weight excluding hydrogens is 262 g/mol. The molecule has 0 saturated carbocycles. The molecule has 2 aromatic rings. The molecule has 1 aromatic carbocycles. The number of rotatable bonds is 3. The van der Waals surface area contributed by atoms with Crippen molar-refractivity contribution in [3.63, 3.8) is 0 Å². The fourth-order valence-corrected chi connectivity index (χ4v) is 1.64. The third-order valence-electron chi connectivity index (χ3n) is 2.30. The molecule has 4 nitrogen and oxygen atoms in total. The van der Waals surface area contributed by atoms with Crippen LogP contribution in [-0.4, -0.2) is 22.2 Å². The quantitative estimate of drug-likeness (QED) is 0.866. The Labute approximate surface area is 116 Å². The number of aromatic nitrogens is 2. The number of halogens is 1. The largest absolute Gasteiger partial charge is 0.344 e. The first-order valence-electron chi connectivity index (χ1n) is 5.72. The van der Waals surface area contributed by atoms with E-state index in [9.17, 15) is 4.79 Å². The standard InChI is InChI=1S/C14H12ClN3O/c15-13-6-1-4-12(10-13)5-2-7-16-14(19)11-18-9-3-8-17-18/h1,3-4,6,8-10H,7,11H2,(H,16,19). The van der Waals surface area contributed by atoms with Gasteiger partial charge in [-0.2, -0.15) is 5.10 Å². The van der Waals surface area contributed by atoms with Gasteiger partial charge in [0.1, 0.15) is 6.54 Å². The molecule has 0 fully saturated rings. The molecule has 0 atom stereocenters. The van der Waals surface area contributed by atoms with E-state index < -0.39 is 0 Å². The monoisotopic (exact) mass is 273 g/mol. The minimum atomic E-state index is -0.121. The van der Waals surface area contributed by atoms with Crippen molar-refractivity contribution in [1.82, 2.24) is 15.1 Å². The Morgan fingerprint density at radius 1 is 1.42 bits per heavy atom. The van der Waals surface area contributed by atoms with Gasteiger partial charge in [0.2, 0.25) is 5.91 Å². The fourth-order valence-electron chi connectivity index (χ4n) is 1.45. The maximum absolute atomic E-state index is 11.5. The van der Waals surface area contributed by atoms with Crippen molar-refractivity contribution >= 4 is 17.5 Å². The number of carbonyl (C=O) groups is 1. The summed E-state index contributed by atoms with van der Waals surface area (Å²) in [5.41, 5.74) is 0.828. The van der Waals surface area contributed by atoms with Gasteiger partial charge in [-0.15, -0.1) is 0 Å². The summed E-state index contributed by atoms with van der Waals surface area (Å²) in [6.07, 6.45) is 3.36. The third kappa shape index (κ3) is 4.49. The van der Waals surface area contributed by atoms with Crippen LogP contribution in [0, 0.1) is 11.8 Å². The third-order valence-corrected chi connectivity index (χ3v) is 2.53. The molecule has 0 aliphatic heterocycles. The second-order valence-electron chi connectivity index (χ2n) is 3.79. The summed E-state index contributed by atoms with van der Waals surface area (Å²) in [6.45, 7) is 0.498. The van der Waals surface area contributed by atoms with Gasteiger partial charge < -0.3 is 5.32 Å². The first kappa shape index (κ1) is 13.2.